The largest absolute Gasteiger partial charge is 0.491 e. The Balaban J connectivity index is 0.00000193. The second kappa shape index (κ2) is 12.7. The molecule has 8 heteroatoms. The first-order chi connectivity index (χ1) is 15.0. The highest BCUT2D eigenvalue weighted by Crippen LogP contribution is 2.33. The molecule has 184 valence electrons. The Morgan fingerprint density at radius 1 is 0.939 bits per heavy atom. The van der Waals surface area contributed by atoms with Gasteiger partial charge >= 0.3 is 0 Å². The lowest BCUT2D eigenvalue weighted by atomic mass is 10.0. The van der Waals surface area contributed by atoms with Crippen molar-refractivity contribution in [3.05, 3.63) is 53.1 Å². The van der Waals surface area contributed by atoms with E-state index in [2.05, 4.69) is 60.9 Å². The van der Waals surface area contributed by atoms with Gasteiger partial charge in [-0.05, 0) is 47.7 Å². The predicted molar refractivity (Wildman–Crippen MR) is 136 cm³/mol. The fourth-order valence-corrected chi connectivity index (χ4v) is 4.21. The van der Waals surface area contributed by atoms with Gasteiger partial charge in [-0.1, -0.05) is 32.0 Å². The molecule has 4 rings (SSSR count). The normalized spacial score (nSPS) is 16.8. The molecule has 2 aliphatic rings. The summed E-state index contributed by atoms with van der Waals surface area (Å²) >= 11 is 0. The van der Waals surface area contributed by atoms with Gasteiger partial charge in [0.2, 0.25) is 6.79 Å². The van der Waals surface area contributed by atoms with Crippen molar-refractivity contribution in [3.8, 4) is 17.2 Å². The van der Waals surface area contributed by atoms with E-state index in [-0.39, 0.29) is 24.8 Å². The molecule has 0 amide bonds. The van der Waals surface area contributed by atoms with Crippen LogP contribution in [0.1, 0.15) is 36.5 Å². The molecule has 0 aromatic heterocycles. The Morgan fingerprint density at radius 2 is 1.64 bits per heavy atom. The first-order valence-electron chi connectivity index (χ1n) is 11.2. The summed E-state index contributed by atoms with van der Waals surface area (Å²) in [4.78, 5) is 4.77. The number of benzene rings is 2. The maximum atomic E-state index is 10.5. The highest BCUT2D eigenvalue weighted by molar-refractivity contribution is 5.85. The molecule has 1 saturated heterocycles. The fraction of sp³-hybridized carbons (Fsp3) is 0.520. The van der Waals surface area contributed by atoms with Crippen molar-refractivity contribution in [2.24, 2.45) is 0 Å². The van der Waals surface area contributed by atoms with Gasteiger partial charge in [0.1, 0.15) is 18.5 Å². The van der Waals surface area contributed by atoms with E-state index < -0.39 is 6.10 Å². The van der Waals surface area contributed by atoms with Crippen LogP contribution in [0.15, 0.2) is 36.4 Å². The molecular formula is C25H36Cl2N2O4. The first-order valence-corrected chi connectivity index (χ1v) is 11.2. The van der Waals surface area contributed by atoms with E-state index in [4.69, 9.17) is 14.2 Å². The third-order valence-electron chi connectivity index (χ3n) is 6.00. The second-order valence-electron chi connectivity index (χ2n) is 8.93. The molecule has 0 saturated carbocycles. The van der Waals surface area contributed by atoms with Crippen LogP contribution in [0.4, 0.5) is 0 Å². The van der Waals surface area contributed by atoms with Crippen molar-refractivity contribution in [2.45, 2.75) is 39.3 Å². The minimum absolute atomic E-state index is 0. The monoisotopic (exact) mass is 498 g/mol. The average Bonchev–Trinajstić information content (AvgIpc) is 3.21. The smallest absolute Gasteiger partial charge is 0.231 e. The fourth-order valence-electron chi connectivity index (χ4n) is 4.21. The summed E-state index contributed by atoms with van der Waals surface area (Å²) in [7, 11) is 0. The molecule has 1 unspecified atom stereocenters. The number of rotatable bonds is 8. The molecule has 0 aliphatic carbocycles. The van der Waals surface area contributed by atoms with Gasteiger partial charge in [-0.15, -0.1) is 24.8 Å². The van der Waals surface area contributed by atoms with Gasteiger partial charge in [-0.2, -0.15) is 0 Å². The van der Waals surface area contributed by atoms with Crippen LogP contribution >= 0.6 is 24.8 Å². The summed E-state index contributed by atoms with van der Waals surface area (Å²) in [6.07, 6.45) is -0.499. The van der Waals surface area contributed by atoms with Crippen LogP contribution in [-0.4, -0.2) is 67.1 Å². The van der Waals surface area contributed by atoms with E-state index >= 15 is 0 Å². The van der Waals surface area contributed by atoms with E-state index in [1.807, 2.05) is 6.07 Å². The number of nitrogens with zero attached hydrogens (tertiary/aromatic N) is 2. The van der Waals surface area contributed by atoms with E-state index in [0.717, 1.165) is 50.0 Å². The number of fused-ring (bicyclic) bond motifs is 1. The van der Waals surface area contributed by atoms with E-state index in [1.165, 1.54) is 16.7 Å². The zero-order valence-electron chi connectivity index (χ0n) is 19.7. The predicted octanol–water partition coefficient (Wildman–Crippen LogP) is 4.25. The molecule has 2 heterocycles. The molecule has 2 aromatic carbocycles. The molecular weight excluding hydrogens is 463 g/mol. The van der Waals surface area contributed by atoms with Crippen molar-refractivity contribution in [1.29, 1.82) is 0 Å². The van der Waals surface area contributed by atoms with Gasteiger partial charge in [0.25, 0.3) is 0 Å². The summed E-state index contributed by atoms with van der Waals surface area (Å²) in [6.45, 7) is 12.4. The first kappa shape index (κ1) is 27.5. The summed E-state index contributed by atoms with van der Waals surface area (Å²) in [5.41, 5.74) is 3.60. The molecule has 6 nitrogen and oxygen atoms in total. The van der Waals surface area contributed by atoms with E-state index in [9.17, 15) is 5.11 Å². The Bertz CT molecular complexity index is 889. The van der Waals surface area contributed by atoms with Crippen molar-refractivity contribution in [1.82, 2.24) is 9.80 Å². The lowest BCUT2D eigenvalue weighted by Crippen LogP contribution is -2.48. The number of hydrogen-bond acceptors (Lipinski definition) is 6. The number of hydrogen-bond donors (Lipinski definition) is 1. The van der Waals surface area contributed by atoms with Gasteiger partial charge in [-0.3, -0.25) is 9.80 Å². The van der Waals surface area contributed by atoms with Crippen LogP contribution in [0.5, 0.6) is 17.2 Å². The zero-order valence-corrected chi connectivity index (χ0v) is 21.3. The highest BCUT2D eigenvalue weighted by Gasteiger charge is 2.21. The molecule has 2 aliphatic heterocycles. The molecule has 2 aromatic rings. The third-order valence-corrected chi connectivity index (χ3v) is 6.00. The topological polar surface area (TPSA) is 54.4 Å². The maximum absolute atomic E-state index is 10.5. The minimum Gasteiger partial charge on any atom is -0.491 e. The second-order valence-corrected chi connectivity index (χ2v) is 8.93. The van der Waals surface area contributed by atoms with Crippen molar-refractivity contribution in [2.75, 3.05) is 46.1 Å². The number of piperazine rings is 1. The molecule has 0 spiro atoms. The van der Waals surface area contributed by atoms with Gasteiger partial charge in [0.15, 0.2) is 11.5 Å². The molecule has 1 atom stereocenters. The summed E-state index contributed by atoms with van der Waals surface area (Å²) in [6, 6.07) is 12.5. The van der Waals surface area contributed by atoms with Crippen LogP contribution in [0, 0.1) is 6.92 Å². The lowest BCUT2D eigenvalue weighted by Gasteiger charge is -2.35. The number of β-amino-alcohol motifs (C(OH)–C–C–N with tert-alkyl or cyclic N) is 1. The highest BCUT2D eigenvalue weighted by atomic mass is 35.5. The van der Waals surface area contributed by atoms with Crippen molar-refractivity contribution in [3.63, 3.8) is 0 Å². The standard InChI is InChI=1S/C25H34N2O4.2ClH/c1-18(2)22-6-4-19(3)12-24(22)29-16-21(28)15-27-10-8-26(9-11-27)14-20-5-7-23-25(13-20)31-17-30-23;;/h4-7,12-13,18,21,28H,8-11,14-17H2,1-3H3;2*1H. The summed E-state index contributed by atoms with van der Waals surface area (Å²) in [5.74, 6) is 2.96. The van der Waals surface area contributed by atoms with E-state index in [1.54, 1.807) is 0 Å². The average molecular weight is 499 g/mol. The van der Waals surface area contributed by atoms with Crippen LogP contribution in [0.25, 0.3) is 0 Å². The SMILES string of the molecule is Cc1ccc(C(C)C)c(OCC(O)CN2CCN(Cc3ccc4c(c3)OCO4)CC2)c1.Cl.Cl. The Hall–Kier alpha value is -1.70. The summed E-state index contributed by atoms with van der Waals surface area (Å²) in [5, 5.41) is 10.5. The van der Waals surface area contributed by atoms with Gasteiger partial charge in [0, 0.05) is 39.3 Å². The van der Waals surface area contributed by atoms with Gasteiger partial charge in [-0.25, -0.2) is 0 Å². The number of halogens is 2. The Morgan fingerprint density at radius 3 is 2.36 bits per heavy atom. The number of aliphatic hydroxyl groups excluding tert-OH is 1. The lowest BCUT2D eigenvalue weighted by molar-refractivity contribution is 0.0443. The van der Waals surface area contributed by atoms with Crippen LogP contribution in [-0.2, 0) is 6.54 Å². The minimum atomic E-state index is -0.499. The van der Waals surface area contributed by atoms with E-state index in [0.29, 0.717) is 25.9 Å². The Kier molecular flexibility index (Phi) is 10.6. The molecule has 0 radical (unpaired) electrons. The number of aliphatic hydroxyl groups is 1. The van der Waals surface area contributed by atoms with Crippen molar-refractivity contribution >= 4 is 24.8 Å². The zero-order chi connectivity index (χ0) is 21.8. The third kappa shape index (κ3) is 7.39. The molecule has 1 N–H and O–H groups in total. The van der Waals surface area contributed by atoms with Crippen LogP contribution in [0.3, 0.4) is 0 Å². The van der Waals surface area contributed by atoms with Gasteiger partial charge < -0.3 is 19.3 Å². The maximum Gasteiger partial charge on any atom is 0.231 e. The van der Waals surface area contributed by atoms with Gasteiger partial charge in [0.05, 0.1) is 0 Å². The molecule has 0 bridgehead atoms. The van der Waals surface area contributed by atoms with Crippen LogP contribution in [0.2, 0.25) is 0 Å². The Labute approximate surface area is 209 Å². The van der Waals surface area contributed by atoms with Crippen LogP contribution < -0.4 is 14.2 Å². The number of aryl methyl sites for hydroxylation is 1. The van der Waals surface area contributed by atoms with Crippen molar-refractivity contribution < 1.29 is 19.3 Å². The molecule has 1 fully saturated rings. The quantitative estimate of drug-likeness (QED) is 0.586. The summed E-state index contributed by atoms with van der Waals surface area (Å²) < 4.78 is 16.9. The number of ether oxygens (including phenoxy) is 3. The molecule has 33 heavy (non-hydrogen) atoms.